The zero-order valence-corrected chi connectivity index (χ0v) is 16.4. The van der Waals surface area contributed by atoms with E-state index in [9.17, 15) is 0 Å². The van der Waals surface area contributed by atoms with Crippen LogP contribution in [-0.2, 0) is 25.7 Å². The number of aromatic nitrogens is 1. The average molecular weight is 333 g/mol. The van der Waals surface area contributed by atoms with Crippen molar-refractivity contribution in [2.75, 3.05) is 0 Å². The van der Waals surface area contributed by atoms with Gasteiger partial charge in [-0.1, -0.05) is 0 Å². The van der Waals surface area contributed by atoms with Gasteiger partial charge in [-0.2, -0.15) is 0 Å². The molecule has 0 amide bonds. The van der Waals surface area contributed by atoms with Crippen LogP contribution in [0.1, 0.15) is 55.4 Å². The van der Waals surface area contributed by atoms with E-state index in [4.69, 9.17) is 18.6 Å². The summed E-state index contributed by atoms with van der Waals surface area (Å²) in [5.41, 5.74) is 0.550. The molecule has 3 rings (SSSR count). The minimum atomic E-state index is -0.392. The first-order valence-corrected chi connectivity index (χ1v) is 8.63. The lowest BCUT2D eigenvalue weighted by molar-refractivity contribution is 0.00578. The van der Waals surface area contributed by atoms with Crippen molar-refractivity contribution in [3.63, 3.8) is 0 Å². The molecule has 2 saturated heterocycles. The molecule has 0 aliphatic carbocycles. The van der Waals surface area contributed by atoms with Gasteiger partial charge in [0, 0.05) is 18.8 Å². The van der Waals surface area contributed by atoms with Crippen molar-refractivity contribution in [3.8, 4) is 0 Å². The molecule has 24 heavy (non-hydrogen) atoms. The van der Waals surface area contributed by atoms with E-state index in [-0.39, 0.29) is 29.5 Å². The Kier molecular flexibility index (Phi) is 3.86. The number of nitrogens with zero attached hydrogens (tertiary/aromatic N) is 1. The lowest BCUT2D eigenvalue weighted by Gasteiger charge is -2.32. The lowest BCUT2D eigenvalue weighted by atomic mass is 9.78. The van der Waals surface area contributed by atoms with Crippen LogP contribution in [0.15, 0.2) is 12.3 Å². The van der Waals surface area contributed by atoms with Crippen LogP contribution < -0.4 is 11.1 Å². The summed E-state index contributed by atoms with van der Waals surface area (Å²) in [7, 11) is 1.23. The van der Waals surface area contributed by atoms with Gasteiger partial charge in [0.1, 0.15) is 0 Å². The molecule has 2 fully saturated rings. The molecule has 1 aromatic heterocycles. The van der Waals surface area contributed by atoms with Gasteiger partial charge in [-0.15, -0.1) is 0 Å². The van der Waals surface area contributed by atoms with Gasteiger partial charge < -0.3 is 23.2 Å². The molecular weight excluding hydrogens is 304 g/mol. The third-order valence-electron chi connectivity index (χ3n) is 6.08. The van der Waals surface area contributed by atoms with E-state index in [1.807, 2.05) is 17.8 Å². The fourth-order valence-electron chi connectivity index (χ4n) is 2.91. The molecule has 0 spiro atoms. The molecule has 1 aromatic rings. The minimum absolute atomic E-state index is 0.349. The van der Waals surface area contributed by atoms with Crippen molar-refractivity contribution in [1.29, 1.82) is 0 Å². The Balaban J connectivity index is 1.85. The maximum atomic E-state index is 6.16. The van der Waals surface area contributed by atoms with Crippen molar-refractivity contribution in [2.24, 2.45) is 7.05 Å². The lowest BCUT2D eigenvalue weighted by Crippen LogP contribution is -2.41. The number of hydrogen-bond acceptors (Lipinski definition) is 4. The predicted octanol–water partition coefficient (Wildman–Crippen LogP) is 1.62. The van der Waals surface area contributed by atoms with Gasteiger partial charge in [0.15, 0.2) is 0 Å². The van der Waals surface area contributed by atoms with Crippen molar-refractivity contribution in [2.45, 2.75) is 77.8 Å². The standard InChI is InChI=1S/C17H29B2NO4/c1-14(2)15(3,4)22-18(21-14)12-10-13(20(9)11-12)19-23-16(5,6)17(7,8)24-19/h10-11H,1-9H3. The Morgan fingerprint density at radius 1 is 0.708 bits per heavy atom. The van der Waals surface area contributed by atoms with Crippen LogP contribution in [-0.4, -0.2) is 41.2 Å². The molecule has 0 aromatic carbocycles. The maximum absolute atomic E-state index is 6.16. The van der Waals surface area contributed by atoms with Gasteiger partial charge >= 0.3 is 14.2 Å². The fraction of sp³-hybridized carbons (Fsp3) is 0.765. The number of aryl methyl sites for hydroxylation is 1. The van der Waals surface area contributed by atoms with Gasteiger partial charge in [-0.25, -0.2) is 0 Å². The monoisotopic (exact) mass is 333 g/mol. The SMILES string of the molecule is Cn1cc(B2OC(C)(C)C(C)(C)O2)cc1B1OC(C)(C)C(C)(C)O1. The third-order valence-corrected chi connectivity index (χ3v) is 6.08. The van der Waals surface area contributed by atoms with E-state index in [1.54, 1.807) is 0 Å². The Morgan fingerprint density at radius 3 is 1.50 bits per heavy atom. The highest BCUT2D eigenvalue weighted by Gasteiger charge is 2.54. The molecule has 0 saturated carbocycles. The second-order valence-electron chi connectivity index (χ2n) is 8.99. The zero-order chi connectivity index (χ0) is 18.1. The normalized spacial score (nSPS) is 27.0. The smallest absolute Gasteiger partial charge is 0.399 e. The van der Waals surface area contributed by atoms with Crippen molar-refractivity contribution >= 4 is 25.3 Å². The van der Waals surface area contributed by atoms with Crippen LogP contribution in [0.5, 0.6) is 0 Å². The average Bonchev–Trinajstić information content (AvgIpc) is 2.93. The molecule has 0 N–H and O–H groups in total. The van der Waals surface area contributed by atoms with E-state index in [0.29, 0.717) is 0 Å². The number of hydrogen-bond donors (Lipinski definition) is 0. The summed E-state index contributed by atoms with van der Waals surface area (Å²) in [5.74, 6) is 0. The Labute approximate surface area is 146 Å². The highest BCUT2D eigenvalue weighted by Crippen LogP contribution is 2.37. The summed E-state index contributed by atoms with van der Waals surface area (Å²) in [6.07, 6.45) is 2.03. The van der Waals surface area contributed by atoms with E-state index in [0.717, 1.165) is 11.1 Å². The molecule has 3 heterocycles. The minimum Gasteiger partial charge on any atom is -0.399 e. The van der Waals surface area contributed by atoms with E-state index >= 15 is 0 Å². The summed E-state index contributed by atoms with van der Waals surface area (Å²) in [6.45, 7) is 16.5. The molecule has 7 heteroatoms. The first-order chi connectivity index (χ1) is 10.8. The largest absolute Gasteiger partial charge is 0.512 e. The first-order valence-electron chi connectivity index (χ1n) is 8.63. The van der Waals surface area contributed by atoms with Crippen molar-refractivity contribution in [3.05, 3.63) is 12.3 Å². The van der Waals surface area contributed by atoms with Crippen molar-refractivity contribution in [1.82, 2.24) is 4.57 Å². The Hall–Kier alpha value is -0.750. The van der Waals surface area contributed by atoms with E-state index in [2.05, 4.69) is 61.5 Å². The fourth-order valence-corrected chi connectivity index (χ4v) is 2.91. The molecule has 132 valence electrons. The summed E-state index contributed by atoms with van der Waals surface area (Å²) < 4.78 is 26.7. The topological polar surface area (TPSA) is 41.9 Å². The molecule has 0 unspecified atom stereocenters. The van der Waals surface area contributed by atoms with Gasteiger partial charge in [-0.3, -0.25) is 0 Å². The molecule has 5 nitrogen and oxygen atoms in total. The first kappa shape index (κ1) is 18.1. The number of rotatable bonds is 2. The highest BCUT2D eigenvalue weighted by atomic mass is 16.7. The Morgan fingerprint density at radius 2 is 1.08 bits per heavy atom. The predicted molar refractivity (Wildman–Crippen MR) is 96.8 cm³/mol. The molecule has 0 bridgehead atoms. The maximum Gasteiger partial charge on any atom is 0.512 e. The third kappa shape index (κ3) is 2.66. The summed E-state index contributed by atoms with van der Waals surface area (Å²) in [5, 5.41) is 0. The molecule has 2 aliphatic heterocycles. The van der Waals surface area contributed by atoms with Crippen LogP contribution in [0.2, 0.25) is 0 Å². The van der Waals surface area contributed by atoms with Crippen LogP contribution in [0.4, 0.5) is 0 Å². The van der Waals surface area contributed by atoms with Gasteiger partial charge in [-0.05, 0) is 66.9 Å². The second kappa shape index (κ2) is 5.13. The second-order valence-corrected chi connectivity index (χ2v) is 8.99. The van der Waals surface area contributed by atoms with Crippen LogP contribution in [0.25, 0.3) is 0 Å². The Bertz CT molecular complexity index is 619. The van der Waals surface area contributed by atoms with Crippen LogP contribution in [0, 0.1) is 0 Å². The van der Waals surface area contributed by atoms with E-state index < -0.39 is 7.12 Å². The van der Waals surface area contributed by atoms with Gasteiger partial charge in [0.05, 0.1) is 22.4 Å². The summed E-state index contributed by atoms with van der Waals surface area (Å²) >= 11 is 0. The molecule has 0 radical (unpaired) electrons. The highest BCUT2D eigenvalue weighted by molar-refractivity contribution is 6.65. The summed E-state index contributed by atoms with van der Waals surface area (Å²) in [6, 6.07) is 2.06. The van der Waals surface area contributed by atoms with Crippen molar-refractivity contribution < 1.29 is 18.6 Å². The van der Waals surface area contributed by atoms with E-state index in [1.165, 1.54) is 0 Å². The molecule has 2 aliphatic rings. The quantitative estimate of drug-likeness (QED) is 0.772. The van der Waals surface area contributed by atoms with Crippen LogP contribution >= 0.6 is 0 Å². The zero-order valence-electron chi connectivity index (χ0n) is 16.4. The van der Waals surface area contributed by atoms with Gasteiger partial charge in [0.25, 0.3) is 0 Å². The van der Waals surface area contributed by atoms with Crippen LogP contribution in [0.3, 0.4) is 0 Å². The van der Waals surface area contributed by atoms with Gasteiger partial charge in [0.2, 0.25) is 0 Å². The summed E-state index contributed by atoms with van der Waals surface area (Å²) in [4.78, 5) is 0. The molecule has 0 atom stereocenters. The molecular formula is C17H29B2NO4.